The van der Waals surface area contributed by atoms with Crippen LogP contribution in [-0.2, 0) is 29.2 Å². The molecule has 0 fully saturated rings. The van der Waals surface area contributed by atoms with Crippen LogP contribution in [-0.4, -0.2) is 65.9 Å². The van der Waals surface area contributed by atoms with E-state index in [1.165, 1.54) is 0 Å². The first kappa shape index (κ1) is 39.2. The summed E-state index contributed by atoms with van der Waals surface area (Å²) < 4.78 is 29.5. The molecule has 7 rings (SSSR count). The average Bonchev–Trinajstić information content (AvgIpc) is 3.21. The monoisotopic (exact) mass is 773 g/mol. The molecule has 0 spiro atoms. The largest absolute Gasteiger partial charge is 0.497 e. The summed E-state index contributed by atoms with van der Waals surface area (Å²) in [6.45, 7) is 4.35. The molecule has 0 radical (unpaired) electrons. The van der Waals surface area contributed by atoms with Crippen LogP contribution in [0.25, 0.3) is 0 Å². The van der Waals surface area contributed by atoms with Crippen LogP contribution in [0.4, 0.5) is 11.4 Å². The van der Waals surface area contributed by atoms with Crippen molar-refractivity contribution in [1.29, 1.82) is 0 Å². The lowest BCUT2D eigenvalue weighted by molar-refractivity contribution is -0.119. The molecule has 0 saturated heterocycles. The Bertz CT molecular complexity index is 2050. The van der Waals surface area contributed by atoms with Gasteiger partial charge in [0, 0.05) is 41.9 Å². The molecule has 0 aliphatic carbocycles. The normalized spacial score (nSPS) is 14.6. The van der Waals surface area contributed by atoms with Gasteiger partial charge in [-0.25, -0.2) is 0 Å². The van der Waals surface area contributed by atoms with Gasteiger partial charge >= 0.3 is 0 Å². The Kier molecular flexibility index (Phi) is 11.9. The van der Waals surface area contributed by atoms with Crippen LogP contribution < -0.4 is 34.3 Å². The molecule has 5 aromatic carbocycles. The number of rotatable bonds is 16. The molecule has 0 saturated carbocycles. The van der Waals surface area contributed by atoms with Crippen molar-refractivity contribution >= 4 is 23.2 Å². The van der Waals surface area contributed by atoms with Gasteiger partial charge in [0.1, 0.15) is 42.0 Å². The van der Waals surface area contributed by atoms with Gasteiger partial charge in [0.2, 0.25) is 0 Å². The minimum absolute atomic E-state index is 0.0517. The fourth-order valence-electron chi connectivity index (χ4n) is 7.08. The molecular weight excluding hydrogens is 727 g/mol. The average molecular weight is 774 g/mol. The topological polar surface area (TPSA) is 148 Å². The molecule has 12 nitrogen and oxygen atoms in total. The van der Waals surface area contributed by atoms with Crippen molar-refractivity contribution in [3.8, 4) is 28.7 Å². The number of aliphatic hydroxyl groups excluding tert-OH is 2. The molecule has 0 bridgehead atoms. The number of nitrogens with one attached hydrogen (secondary N) is 2. The van der Waals surface area contributed by atoms with Crippen LogP contribution in [0.3, 0.4) is 0 Å². The maximum atomic E-state index is 12.4. The Morgan fingerprint density at radius 2 is 1.11 bits per heavy atom. The number of hydrogen-bond acceptors (Lipinski definition) is 10. The molecule has 0 aromatic heterocycles. The van der Waals surface area contributed by atoms with E-state index in [2.05, 4.69) is 10.6 Å². The Morgan fingerprint density at radius 3 is 1.54 bits per heavy atom. The minimum Gasteiger partial charge on any atom is -0.497 e. The number of hydrogen-bond donors (Lipinski definition) is 4. The fourth-order valence-corrected chi connectivity index (χ4v) is 7.08. The van der Waals surface area contributed by atoms with Crippen molar-refractivity contribution in [3.05, 3.63) is 137 Å². The number of carbonyl (C=O) groups is 2. The van der Waals surface area contributed by atoms with Gasteiger partial charge in [0.05, 0.1) is 30.7 Å². The molecule has 2 unspecified atom stereocenters. The van der Waals surface area contributed by atoms with Gasteiger partial charge in [-0.1, -0.05) is 72.8 Å². The van der Waals surface area contributed by atoms with E-state index in [0.717, 1.165) is 22.4 Å². The van der Waals surface area contributed by atoms with E-state index in [9.17, 15) is 19.8 Å². The number of fused-ring (bicyclic) bond motifs is 2. The molecule has 57 heavy (non-hydrogen) atoms. The second-order valence-corrected chi connectivity index (χ2v) is 14.8. The van der Waals surface area contributed by atoms with E-state index >= 15 is 0 Å². The highest BCUT2D eigenvalue weighted by Crippen LogP contribution is 2.43. The Morgan fingerprint density at radius 1 is 0.649 bits per heavy atom. The van der Waals surface area contributed by atoms with Crippen molar-refractivity contribution < 1.29 is 43.5 Å². The molecule has 4 N–H and O–H groups in total. The van der Waals surface area contributed by atoms with Crippen molar-refractivity contribution in [2.24, 2.45) is 0 Å². The zero-order chi connectivity index (χ0) is 39.9. The van der Waals surface area contributed by atoms with Gasteiger partial charge in [-0.05, 0) is 61.2 Å². The van der Waals surface area contributed by atoms with E-state index in [4.69, 9.17) is 23.7 Å². The maximum absolute atomic E-state index is 12.4. The van der Waals surface area contributed by atoms with Crippen molar-refractivity contribution in [2.75, 3.05) is 44.0 Å². The molecule has 2 amide bonds. The van der Waals surface area contributed by atoms with Gasteiger partial charge in [-0.2, -0.15) is 0 Å². The smallest absolute Gasteiger partial charge is 0.262 e. The first-order chi connectivity index (χ1) is 27.5. The van der Waals surface area contributed by atoms with Gasteiger partial charge < -0.3 is 44.5 Å². The van der Waals surface area contributed by atoms with Gasteiger partial charge in [-0.15, -0.1) is 0 Å². The number of amides is 2. The first-order valence-corrected chi connectivity index (χ1v) is 18.8. The summed E-state index contributed by atoms with van der Waals surface area (Å²) in [6.07, 6.45) is -1.76. The van der Waals surface area contributed by atoms with Crippen molar-refractivity contribution in [1.82, 2.24) is 4.90 Å². The number of benzene rings is 5. The standard InChI is InChI=1S/C45H47N3O9/c1-45(2,22-29-14-16-32(53-3)17-15-29)48(23-39(49)35-18-33(54-25-30-10-6-4-7-11-30)20-37-43(35)56-27-41(51)46-37)24-40(50)36-19-34(55-26-31-12-8-5-9-13-31)21-38-44(36)57-28-42(52)47-38/h4-21,39-40,49-50H,22-28H2,1-3H3,(H,46,51)(H,47,52). The van der Waals surface area contributed by atoms with Crippen LogP contribution in [0.15, 0.2) is 109 Å². The first-order valence-electron chi connectivity index (χ1n) is 18.8. The third-order valence-corrected chi connectivity index (χ3v) is 10.1. The van der Waals surface area contributed by atoms with Crippen LogP contribution in [0, 0.1) is 0 Å². The molecule has 2 atom stereocenters. The summed E-state index contributed by atoms with van der Waals surface area (Å²) >= 11 is 0. The van der Waals surface area contributed by atoms with Gasteiger partial charge in [0.25, 0.3) is 11.8 Å². The van der Waals surface area contributed by atoms with E-state index in [-0.39, 0.29) is 51.3 Å². The zero-order valence-electron chi connectivity index (χ0n) is 32.2. The molecular formula is C45H47N3O9. The van der Waals surface area contributed by atoms with Crippen LogP contribution in [0.2, 0.25) is 0 Å². The minimum atomic E-state index is -1.15. The Labute approximate surface area is 331 Å². The van der Waals surface area contributed by atoms with Crippen molar-refractivity contribution in [2.45, 2.75) is 51.2 Å². The number of β-amino-alcohol motifs (C(OH)–C–C–N with tert-alkyl or cyclic N) is 2. The summed E-state index contributed by atoms with van der Waals surface area (Å²) in [5.74, 6) is 1.69. The lowest BCUT2D eigenvalue weighted by Crippen LogP contribution is -2.49. The van der Waals surface area contributed by atoms with E-state index in [0.29, 0.717) is 51.9 Å². The highest BCUT2D eigenvalue weighted by molar-refractivity contribution is 5.96. The molecule has 296 valence electrons. The number of aliphatic hydroxyl groups is 2. The summed E-state index contributed by atoms with van der Waals surface area (Å²) in [6, 6.07) is 34.0. The molecule has 12 heteroatoms. The molecule has 2 heterocycles. The SMILES string of the molecule is COc1ccc(CC(C)(C)N(CC(O)c2cc(OCc3ccccc3)cc3c2OCC(=O)N3)CC(O)c2cc(OCc3ccccc3)cc3c2OCC(=O)N3)cc1. The molecule has 2 aliphatic heterocycles. The molecule has 2 aliphatic rings. The van der Waals surface area contributed by atoms with Crippen LogP contribution in [0.1, 0.15) is 53.9 Å². The van der Waals surface area contributed by atoms with Crippen LogP contribution in [0.5, 0.6) is 28.7 Å². The summed E-state index contributed by atoms with van der Waals surface area (Å²) in [5.41, 5.74) is 3.93. The van der Waals surface area contributed by atoms with Crippen molar-refractivity contribution in [3.63, 3.8) is 0 Å². The predicted octanol–water partition coefficient (Wildman–Crippen LogP) is 6.61. The molecule has 5 aromatic rings. The van der Waals surface area contributed by atoms with E-state index in [1.807, 2.05) is 104 Å². The highest BCUT2D eigenvalue weighted by Gasteiger charge is 2.35. The second-order valence-electron chi connectivity index (χ2n) is 14.8. The quantitative estimate of drug-likeness (QED) is 0.0865. The number of ether oxygens (including phenoxy) is 5. The van der Waals surface area contributed by atoms with E-state index < -0.39 is 17.7 Å². The summed E-state index contributed by atoms with van der Waals surface area (Å²) in [7, 11) is 1.62. The summed E-state index contributed by atoms with van der Waals surface area (Å²) in [5, 5.41) is 30.0. The number of nitrogens with zero attached hydrogens (tertiary/aromatic N) is 1. The van der Waals surface area contributed by atoms with Gasteiger partial charge in [0.15, 0.2) is 13.2 Å². The van der Waals surface area contributed by atoms with Gasteiger partial charge in [-0.3, -0.25) is 14.5 Å². The third kappa shape index (κ3) is 9.66. The van der Waals surface area contributed by atoms with E-state index in [1.54, 1.807) is 31.4 Å². The Balaban J connectivity index is 1.21. The maximum Gasteiger partial charge on any atom is 0.262 e. The summed E-state index contributed by atoms with van der Waals surface area (Å²) in [4.78, 5) is 26.8. The lowest BCUT2D eigenvalue weighted by atomic mass is 9.90. The highest BCUT2D eigenvalue weighted by atomic mass is 16.5. The lowest BCUT2D eigenvalue weighted by Gasteiger charge is -2.41. The number of carbonyl (C=O) groups excluding carboxylic acids is 2. The number of anilines is 2. The zero-order valence-corrected chi connectivity index (χ0v) is 32.2. The third-order valence-electron chi connectivity index (χ3n) is 10.1. The number of methoxy groups -OCH3 is 1. The van der Waals surface area contributed by atoms with Crippen LogP contribution >= 0.6 is 0 Å². The fraction of sp³-hybridized carbons (Fsp3) is 0.289. The second kappa shape index (κ2) is 17.4. The Hall–Kier alpha value is -6.08. The predicted molar refractivity (Wildman–Crippen MR) is 215 cm³/mol.